The second kappa shape index (κ2) is 7.59. The lowest BCUT2D eigenvalue weighted by molar-refractivity contribution is -0.262. The van der Waals surface area contributed by atoms with Gasteiger partial charge in [-0.2, -0.15) is 39.5 Å². The van der Waals surface area contributed by atoms with Crippen molar-refractivity contribution in [2.45, 2.75) is 35.5 Å². The average Bonchev–Trinajstić information content (AvgIpc) is 2.58. The van der Waals surface area contributed by atoms with E-state index in [1.165, 1.54) is 0 Å². The highest BCUT2D eigenvalue weighted by molar-refractivity contribution is 6.60. The van der Waals surface area contributed by atoms with Crippen LogP contribution in [0.25, 0.3) is 0 Å². The van der Waals surface area contributed by atoms with Crippen molar-refractivity contribution in [3.8, 4) is 0 Å². The average molecular weight is 506 g/mol. The lowest BCUT2D eigenvalue weighted by Crippen LogP contribution is -2.68. The smallest absolute Gasteiger partial charge is 0.359 e. The van der Waals surface area contributed by atoms with Crippen LogP contribution in [0.15, 0.2) is 23.2 Å². The Morgan fingerprint density at radius 2 is 1.61 bits per heavy atom. The number of aliphatic imine (C=N–C) groups is 1. The highest BCUT2D eigenvalue weighted by Crippen LogP contribution is 2.49. The molecule has 1 aliphatic rings. The monoisotopic (exact) mass is 505 g/mol. The van der Waals surface area contributed by atoms with Gasteiger partial charge in [0.15, 0.2) is 0 Å². The summed E-state index contributed by atoms with van der Waals surface area (Å²) in [5, 5.41) is 11.6. The topological polar surface area (TPSA) is 64.9 Å². The van der Waals surface area contributed by atoms with Crippen molar-refractivity contribution < 1.29 is 49.4 Å². The summed E-state index contributed by atoms with van der Waals surface area (Å²) in [5.74, 6) is -3.05. The van der Waals surface area contributed by atoms with Gasteiger partial charge in [0.2, 0.25) is 5.96 Å². The van der Waals surface area contributed by atoms with E-state index in [4.69, 9.17) is 23.2 Å². The van der Waals surface area contributed by atoms with Crippen molar-refractivity contribution in [1.82, 2.24) is 4.90 Å². The van der Waals surface area contributed by atoms with Gasteiger partial charge < -0.3 is 10.4 Å². The summed E-state index contributed by atoms with van der Waals surface area (Å²) in [7, 11) is 0. The lowest BCUT2D eigenvalue weighted by atomic mass is 10.1. The summed E-state index contributed by atoms with van der Waals surface area (Å²) in [6.45, 7) is 0.635. The molecule has 0 aromatic heterocycles. The quantitative estimate of drug-likeness (QED) is 0.449. The molecule has 0 saturated heterocycles. The fourth-order valence-electron chi connectivity index (χ4n) is 2.51. The van der Waals surface area contributed by atoms with E-state index < -0.39 is 63.8 Å². The van der Waals surface area contributed by atoms with Crippen LogP contribution in [0.4, 0.5) is 45.2 Å². The number of nitrogens with zero attached hydrogens (tertiary/aromatic N) is 2. The van der Waals surface area contributed by atoms with Crippen molar-refractivity contribution in [2.75, 3.05) is 11.9 Å². The Hall–Kier alpha value is -1.93. The number of aliphatic hydroxyl groups is 1. The third-order valence-electron chi connectivity index (χ3n) is 4.09. The standard InChI is InChI=1S/C15H10Cl2F9N3O2/c1-2-29-9(30)11(16,17)14(31,15(24,25)26)28-10(29)27-8-4-3-6(12(18,19)20)5-7(8)13(21,22)23/h3-5,31H,2H2,1H3,(H,27,28). The zero-order chi connectivity index (χ0) is 24.2. The van der Waals surface area contributed by atoms with Crippen molar-refractivity contribution in [3.63, 3.8) is 0 Å². The summed E-state index contributed by atoms with van der Waals surface area (Å²) >= 11 is 10.8. The highest BCUT2D eigenvalue weighted by Gasteiger charge is 2.73. The van der Waals surface area contributed by atoms with Crippen LogP contribution >= 0.6 is 23.2 Å². The number of carbonyl (C=O) groups is 1. The molecule has 0 bridgehead atoms. The fraction of sp³-hybridized carbons (Fsp3) is 0.467. The minimum absolute atomic E-state index is 0.225. The Morgan fingerprint density at radius 1 is 1.06 bits per heavy atom. The van der Waals surface area contributed by atoms with Gasteiger partial charge in [-0.05, 0) is 25.1 Å². The first-order chi connectivity index (χ1) is 13.8. The van der Waals surface area contributed by atoms with Gasteiger partial charge in [0, 0.05) is 6.54 Å². The van der Waals surface area contributed by atoms with Crippen molar-refractivity contribution in [2.24, 2.45) is 4.99 Å². The van der Waals surface area contributed by atoms with E-state index >= 15 is 0 Å². The molecule has 174 valence electrons. The molecular weight excluding hydrogens is 496 g/mol. The molecule has 1 unspecified atom stereocenters. The summed E-state index contributed by atoms with van der Waals surface area (Å²) < 4.78 is 115. The number of benzene rings is 1. The molecule has 1 heterocycles. The maximum Gasteiger partial charge on any atom is 0.442 e. The third kappa shape index (κ3) is 4.37. The number of nitrogens with one attached hydrogen (secondary N) is 1. The molecule has 0 fully saturated rings. The number of amides is 1. The van der Waals surface area contributed by atoms with Crippen molar-refractivity contribution in [1.29, 1.82) is 0 Å². The van der Waals surface area contributed by atoms with Crippen molar-refractivity contribution >= 4 is 40.8 Å². The van der Waals surface area contributed by atoms with E-state index in [9.17, 15) is 49.4 Å². The number of alkyl halides is 11. The minimum atomic E-state index is -5.76. The molecular formula is C15H10Cl2F9N3O2. The van der Waals surface area contributed by atoms with Crippen LogP contribution in [-0.4, -0.2) is 44.7 Å². The summed E-state index contributed by atoms with van der Waals surface area (Å²) in [4.78, 5) is 15.4. The van der Waals surface area contributed by atoms with Gasteiger partial charge in [-0.3, -0.25) is 9.69 Å². The molecule has 0 spiro atoms. The largest absolute Gasteiger partial charge is 0.442 e. The first-order valence-corrected chi connectivity index (χ1v) is 8.67. The SMILES string of the molecule is CCN1C(=O)C(Cl)(Cl)C(O)(C(F)(F)F)N=C1Nc1ccc(C(F)(F)F)cc1C(F)(F)F. The number of hydrogen-bond donors (Lipinski definition) is 2. The minimum Gasteiger partial charge on any atom is -0.359 e. The predicted octanol–water partition coefficient (Wildman–Crippen LogP) is 4.78. The second-order valence-corrected chi connectivity index (χ2v) is 7.44. The molecule has 1 amide bonds. The lowest BCUT2D eigenvalue weighted by Gasteiger charge is -2.43. The summed E-state index contributed by atoms with van der Waals surface area (Å²) in [6, 6.07) is 0.220. The van der Waals surface area contributed by atoms with E-state index in [1.54, 1.807) is 5.32 Å². The Kier molecular flexibility index (Phi) is 6.20. The molecule has 1 aliphatic heterocycles. The molecule has 0 saturated carbocycles. The zero-order valence-corrected chi connectivity index (χ0v) is 16.4. The van der Waals surface area contributed by atoms with Gasteiger partial charge in [0.1, 0.15) is 0 Å². The first kappa shape index (κ1) is 25.3. The van der Waals surface area contributed by atoms with Gasteiger partial charge in [-0.15, -0.1) is 0 Å². The van der Waals surface area contributed by atoms with E-state index in [0.717, 1.165) is 6.92 Å². The van der Waals surface area contributed by atoms with Crippen LogP contribution < -0.4 is 5.32 Å². The molecule has 2 rings (SSSR count). The van der Waals surface area contributed by atoms with Crippen LogP contribution in [0.5, 0.6) is 0 Å². The predicted molar refractivity (Wildman–Crippen MR) is 90.3 cm³/mol. The van der Waals surface area contributed by atoms with Gasteiger partial charge in [0.05, 0.1) is 16.8 Å². The fourth-order valence-corrected chi connectivity index (χ4v) is 3.02. The molecule has 2 N–H and O–H groups in total. The maximum atomic E-state index is 13.4. The van der Waals surface area contributed by atoms with E-state index in [2.05, 4.69) is 4.99 Å². The van der Waals surface area contributed by atoms with Gasteiger partial charge in [-0.25, -0.2) is 4.99 Å². The van der Waals surface area contributed by atoms with Gasteiger partial charge >= 0.3 is 18.5 Å². The number of carbonyl (C=O) groups excluding carboxylic acids is 1. The highest BCUT2D eigenvalue weighted by atomic mass is 35.5. The molecule has 16 heteroatoms. The zero-order valence-electron chi connectivity index (χ0n) is 14.8. The number of anilines is 1. The molecule has 1 aromatic carbocycles. The molecule has 1 atom stereocenters. The number of guanidine groups is 1. The first-order valence-electron chi connectivity index (χ1n) is 7.91. The third-order valence-corrected chi connectivity index (χ3v) is 4.94. The summed E-state index contributed by atoms with van der Waals surface area (Å²) in [6.07, 6.45) is -16.3. The van der Waals surface area contributed by atoms with Crippen molar-refractivity contribution in [3.05, 3.63) is 29.3 Å². The molecule has 31 heavy (non-hydrogen) atoms. The Morgan fingerprint density at radius 3 is 2.03 bits per heavy atom. The number of halogens is 11. The van der Waals surface area contributed by atoms with Crippen LogP contribution in [0, 0.1) is 0 Å². The molecule has 0 radical (unpaired) electrons. The van der Waals surface area contributed by atoms with Crippen LogP contribution in [-0.2, 0) is 17.1 Å². The van der Waals surface area contributed by atoms with E-state index in [1.807, 2.05) is 0 Å². The maximum absolute atomic E-state index is 13.4. The molecule has 1 aromatic rings. The van der Waals surface area contributed by atoms with E-state index in [0.29, 0.717) is 0 Å². The van der Waals surface area contributed by atoms with Gasteiger partial charge in [-0.1, -0.05) is 23.2 Å². The van der Waals surface area contributed by atoms with Crippen LogP contribution in [0.2, 0.25) is 0 Å². The van der Waals surface area contributed by atoms with Gasteiger partial charge in [0.25, 0.3) is 16.0 Å². The van der Waals surface area contributed by atoms with E-state index in [-0.39, 0.29) is 23.1 Å². The van der Waals surface area contributed by atoms with Crippen LogP contribution in [0.3, 0.4) is 0 Å². The second-order valence-electron chi connectivity index (χ2n) is 6.11. The Balaban J connectivity index is 2.69. The number of hydrogen-bond acceptors (Lipinski definition) is 4. The Labute approximate surface area is 177 Å². The molecule has 0 aliphatic carbocycles. The Bertz CT molecular complexity index is 912. The number of rotatable bonds is 2. The van der Waals surface area contributed by atoms with Crippen LogP contribution in [0.1, 0.15) is 18.1 Å². The normalized spacial score (nSPS) is 22.4. The molecule has 5 nitrogen and oxygen atoms in total. The summed E-state index contributed by atoms with van der Waals surface area (Å²) in [5.41, 5.74) is -9.26.